The number of anilines is 4. The predicted octanol–water partition coefficient (Wildman–Crippen LogP) is 4.94. The zero-order valence-corrected chi connectivity index (χ0v) is 20.7. The Bertz CT molecular complexity index is 1330. The van der Waals surface area contributed by atoms with Gasteiger partial charge in [-0.25, -0.2) is 15.0 Å². The van der Waals surface area contributed by atoms with Gasteiger partial charge in [0, 0.05) is 41.5 Å². The summed E-state index contributed by atoms with van der Waals surface area (Å²) in [5.41, 5.74) is 2.45. The number of carbonyl (C=O) groups excluding carboxylic acids is 1. The summed E-state index contributed by atoms with van der Waals surface area (Å²) in [6.45, 7) is 7.69. The number of nitrogens with one attached hydrogen (secondary N) is 3. The van der Waals surface area contributed by atoms with E-state index in [1.807, 2.05) is 57.2 Å². The van der Waals surface area contributed by atoms with E-state index >= 15 is 0 Å². The number of aromatic nitrogens is 5. The van der Waals surface area contributed by atoms with E-state index in [0.717, 1.165) is 45.9 Å². The Morgan fingerprint density at radius 2 is 1.85 bits per heavy atom. The van der Waals surface area contributed by atoms with Gasteiger partial charge in [-0.05, 0) is 63.2 Å². The van der Waals surface area contributed by atoms with E-state index in [-0.39, 0.29) is 5.91 Å². The van der Waals surface area contributed by atoms with Gasteiger partial charge in [0.25, 0.3) is 5.91 Å². The summed E-state index contributed by atoms with van der Waals surface area (Å²) in [7, 11) is 0. The first-order valence-electron chi connectivity index (χ1n) is 10.9. The highest BCUT2D eigenvalue weighted by atomic mass is 32.2. The highest BCUT2D eigenvalue weighted by Gasteiger charge is 2.19. The zero-order chi connectivity index (χ0) is 23.7. The molecule has 5 rings (SSSR count). The van der Waals surface area contributed by atoms with Crippen molar-refractivity contribution in [1.29, 1.82) is 0 Å². The third-order valence-electron chi connectivity index (χ3n) is 5.27. The highest BCUT2D eigenvalue weighted by molar-refractivity contribution is 7.99. The second-order valence-electron chi connectivity index (χ2n) is 8.02. The standard InChI is InChI=1S/C23H24N8OS2/c1-13-11-19(30-29-13)26-18-12-20(31-9-4-10-31)28-23(27-18)34-17-7-5-16(6-8-17)25-22(32)21-14(2)24-15(3)33-21/h5-8,11-12H,4,9-10H2,1-3H3,(H,25,32)(H2,26,27,28,29,30). The lowest BCUT2D eigenvalue weighted by Crippen LogP contribution is -2.37. The molecule has 0 radical (unpaired) electrons. The molecule has 4 aromatic rings. The topological polar surface area (TPSA) is 112 Å². The summed E-state index contributed by atoms with van der Waals surface area (Å²) < 4.78 is 0. The molecule has 0 aliphatic carbocycles. The van der Waals surface area contributed by atoms with Crippen molar-refractivity contribution in [1.82, 2.24) is 25.1 Å². The van der Waals surface area contributed by atoms with Crippen molar-refractivity contribution in [3.63, 3.8) is 0 Å². The first kappa shape index (κ1) is 22.4. The van der Waals surface area contributed by atoms with Crippen LogP contribution in [0.25, 0.3) is 0 Å². The lowest BCUT2D eigenvalue weighted by Gasteiger charge is -2.32. The second kappa shape index (κ2) is 9.43. The molecule has 174 valence electrons. The van der Waals surface area contributed by atoms with E-state index in [2.05, 4.69) is 35.7 Å². The number of hydrogen-bond acceptors (Lipinski definition) is 9. The Labute approximate surface area is 205 Å². The van der Waals surface area contributed by atoms with Gasteiger partial charge in [0.1, 0.15) is 16.5 Å². The summed E-state index contributed by atoms with van der Waals surface area (Å²) >= 11 is 2.88. The van der Waals surface area contributed by atoms with Gasteiger partial charge < -0.3 is 15.5 Å². The number of aromatic amines is 1. The smallest absolute Gasteiger partial charge is 0.267 e. The van der Waals surface area contributed by atoms with Crippen molar-refractivity contribution in [3.8, 4) is 0 Å². The fourth-order valence-corrected chi connectivity index (χ4v) is 5.07. The van der Waals surface area contributed by atoms with Crippen LogP contribution in [0.2, 0.25) is 0 Å². The molecule has 0 spiro atoms. The first-order chi connectivity index (χ1) is 16.4. The molecule has 1 fully saturated rings. The van der Waals surface area contributed by atoms with Crippen molar-refractivity contribution in [3.05, 3.63) is 57.7 Å². The minimum atomic E-state index is -0.140. The fraction of sp³-hybridized carbons (Fsp3) is 0.261. The average molecular weight is 493 g/mol. The van der Waals surface area contributed by atoms with Crippen molar-refractivity contribution in [2.24, 2.45) is 0 Å². The number of rotatable bonds is 7. The summed E-state index contributed by atoms with van der Waals surface area (Å²) in [5, 5.41) is 14.9. The predicted molar refractivity (Wildman–Crippen MR) is 136 cm³/mol. The van der Waals surface area contributed by atoms with E-state index < -0.39 is 0 Å². The van der Waals surface area contributed by atoms with Crippen LogP contribution in [0.1, 0.15) is 32.5 Å². The number of hydrogen-bond donors (Lipinski definition) is 3. The van der Waals surface area contributed by atoms with Crippen LogP contribution in [-0.2, 0) is 0 Å². The van der Waals surface area contributed by atoms with Crippen molar-refractivity contribution in [2.45, 2.75) is 37.2 Å². The molecule has 0 atom stereocenters. The number of H-pyrrole nitrogens is 1. The van der Waals surface area contributed by atoms with Gasteiger partial charge in [0.15, 0.2) is 11.0 Å². The largest absolute Gasteiger partial charge is 0.356 e. The molecule has 34 heavy (non-hydrogen) atoms. The number of carbonyl (C=O) groups is 1. The monoisotopic (exact) mass is 492 g/mol. The van der Waals surface area contributed by atoms with Crippen LogP contribution in [0.15, 0.2) is 46.5 Å². The van der Waals surface area contributed by atoms with Crippen LogP contribution < -0.4 is 15.5 Å². The summed E-state index contributed by atoms with van der Waals surface area (Å²) in [6.07, 6.45) is 1.17. The maximum Gasteiger partial charge on any atom is 0.267 e. The van der Waals surface area contributed by atoms with E-state index in [4.69, 9.17) is 4.98 Å². The average Bonchev–Trinajstić information content (AvgIpc) is 3.32. The maximum absolute atomic E-state index is 12.6. The molecule has 9 nitrogen and oxygen atoms in total. The van der Waals surface area contributed by atoms with Gasteiger partial charge in [-0.3, -0.25) is 9.89 Å². The fourth-order valence-electron chi connectivity index (χ4n) is 3.48. The number of nitrogens with zero attached hydrogens (tertiary/aromatic N) is 5. The minimum Gasteiger partial charge on any atom is -0.356 e. The Morgan fingerprint density at radius 3 is 2.47 bits per heavy atom. The van der Waals surface area contributed by atoms with E-state index in [1.54, 1.807) is 0 Å². The van der Waals surface area contributed by atoms with Crippen LogP contribution in [0.3, 0.4) is 0 Å². The van der Waals surface area contributed by atoms with Gasteiger partial charge in [0.2, 0.25) is 0 Å². The molecule has 3 N–H and O–H groups in total. The van der Waals surface area contributed by atoms with Crippen molar-refractivity contribution >= 4 is 52.1 Å². The highest BCUT2D eigenvalue weighted by Crippen LogP contribution is 2.31. The van der Waals surface area contributed by atoms with Gasteiger partial charge in [-0.1, -0.05) is 0 Å². The lowest BCUT2D eigenvalue weighted by molar-refractivity contribution is 0.103. The summed E-state index contributed by atoms with van der Waals surface area (Å²) in [6, 6.07) is 11.6. The molecule has 11 heteroatoms. The molecular formula is C23H24N8OS2. The summed E-state index contributed by atoms with van der Waals surface area (Å²) in [5.74, 6) is 2.18. The molecule has 0 saturated carbocycles. The minimum absolute atomic E-state index is 0.140. The lowest BCUT2D eigenvalue weighted by atomic mass is 10.2. The third kappa shape index (κ3) is 5.05. The quantitative estimate of drug-likeness (QED) is 0.311. The second-order valence-corrected chi connectivity index (χ2v) is 10.3. The molecule has 0 unspecified atom stereocenters. The van der Waals surface area contributed by atoms with Gasteiger partial charge >= 0.3 is 0 Å². The Balaban J connectivity index is 1.31. The molecule has 1 aromatic carbocycles. The molecule has 1 saturated heterocycles. The van der Waals surface area contributed by atoms with Gasteiger partial charge in [-0.15, -0.1) is 11.3 Å². The molecule has 3 aromatic heterocycles. The van der Waals surface area contributed by atoms with Crippen molar-refractivity contribution < 1.29 is 4.79 Å². The molecule has 0 bridgehead atoms. The Hall–Kier alpha value is -3.44. The zero-order valence-electron chi connectivity index (χ0n) is 19.0. The Morgan fingerprint density at radius 1 is 1.06 bits per heavy atom. The molecule has 1 aliphatic heterocycles. The molecule has 1 aliphatic rings. The first-order valence-corrected chi connectivity index (χ1v) is 12.5. The van der Waals surface area contributed by atoms with Crippen LogP contribution in [0.5, 0.6) is 0 Å². The van der Waals surface area contributed by atoms with Gasteiger partial charge in [-0.2, -0.15) is 5.10 Å². The Kier molecular flexibility index (Phi) is 6.20. The van der Waals surface area contributed by atoms with E-state index in [0.29, 0.717) is 21.7 Å². The SMILES string of the molecule is Cc1cc(Nc2cc(N3CCC3)nc(Sc3ccc(NC(=O)c4sc(C)nc4C)cc3)n2)n[nH]1. The number of amides is 1. The van der Waals surface area contributed by atoms with Crippen LogP contribution in [0.4, 0.5) is 23.1 Å². The number of thiazole rings is 1. The summed E-state index contributed by atoms with van der Waals surface area (Å²) in [4.78, 5) is 30.2. The molecule has 1 amide bonds. The number of benzene rings is 1. The number of aryl methyl sites for hydroxylation is 3. The van der Waals surface area contributed by atoms with E-state index in [1.165, 1.54) is 29.5 Å². The van der Waals surface area contributed by atoms with Crippen LogP contribution >= 0.6 is 23.1 Å². The van der Waals surface area contributed by atoms with Crippen LogP contribution in [0, 0.1) is 20.8 Å². The molecule has 4 heterocycles. The van der Waals surface area contributed by atoms with E-state index in [9.17, 15) is 4.79 Å². The van der Waals surface area contributed by atoms with Crippen LogP contribution in [-0.4, -0.2) is 44.1 Å². The van der Waals surface area contributed by atoms with Gasteiger partial charge in [0.05, 0.1) is 10.7 Å². The van der Waals surface area contributed by atoms with Crippen molar-refractivity contribution in [2.75, 3.05) is 28.6 Å². The third-order valence-corrected chi connectivity index (χ3v) is 7.21. The molecular weight excluding hydrogens is 468 g/mol. The maximum atomic E-state index is 12.6. The normalized spacial score (nSPS) is 13.0.